The van der Waals surface area contributed by atoms with E-state index in [1.54, 1.807) is 6.20 Å². The first-order valence-corrected chi connectivity index (χ1v) is 6.34. The number of nitrogens with one attached hydrogen (secondary N) is 1. The second-order valence-corrected chi connectivity index (χ2v) is 5.55. The summed E-state index contributed by atoms with van der Waals surface area (Å²) >= 11 is 1.42. The van der Waals surface area contributed by atoms with Gasteiger partial charge in [-0.1, -0.05) is 0 Å². The Morgan fingerprint density at radius 2 is 2.18 bits per heavy atom. The number of anilines is 1. The van der Waals surface area contributed by atoms with E-state index >= 15 is 0 Å². The maximum absolute atomic E-state index is 11.9. The second kappa shape index (κ2) is 4.83. The lowest BCUT2D eigenvalue weighted by molar-refractivity contribution is -0.141. The van der Waals surface area contributed by atoms with Crippen molar-refractivity contribution < 1.29 is 14.7 Å². The summed E-state index contributed by atoms with van der Waals surface area (Å²) < 4.78 is 0. The predicted octanol–water partition coefficient (Wildman–Crippen LogP) is 1.89. The van der Waals surface area contributed by atoms with E-state index in [0.29, 0.717) is 24.4 Å². The number of carboxylic acid groups (broad SMARTS) is 1. The van der Waals surface area contributed by atoms with Crippen LogP contribution in [0.4, 0.5) is 5.13 Å². The molecule has 1 aromatic rings. The monoisotopic (exact) mass is 254 g/mol. The maximum atomic E-state index is 11.9. The number of nitrogens with zero attached hydrogens (tertiary/aromatic N) is 1. The van der Waals surface area contributed by atoms with Crippen LogP contribution >= 0.6 is 11.3 Å². The molecule has 1 aliphatic rings. The summed E-state index contributed by atoms with van der Waals surface area (Å²) in [6.45, 7) is 1.92. The number of rotatable bonds is 3. The quantitative estimate of drug-likeness (QED) is 0.863. The number of aromatic nitrogens is 1. The third-order valence-corrected chi connectivity index (χ3v) is 3.83. The van der Waals surface area contributed by atoms with Crippen LogP contribution in [-0.2, 0) is 9.59 Å². The maximum Gasteiger partial charge on any atom is 0.306 e. The Labute approximate surface area is 103 Å². The van der Waals surface area contributed by atoms with Gasteiger partial charge in [0.1, 0.15) is 0 Å². The van der Waals surface area contributed by atoms with Crippen LogP contribution in [0.3, 0.4) is 0 Å². The highest BCUT2D eigenvalue weighted by atomic mass is 32.1. The molecule has 0 spiro atoms. The Morgan fingerprint density at radius 3 is 2.71 bits per heavy atom. The van der Waals surface area contributed by atoms with E-state index in [4.69, 9.17) is 5.11 Å². The molecule has 0 saturated heterocycles. The Hall–Kier alpha value is -1.43. The van der Waals surface area contributed by atoms with Gasteiger partial charge in [-0.3, -0.25) is 9.59 Å². The number of carbonyl (C=O) groups is 2. The predicted molar refractivity (Wildman–Crippen MR) is 63.9 cm³/mol. The summed E-state index contributed by atoms with van der Waals surface area (Å²) in [4.78, 5) is 27.7. The molecule has 0 unspecified atom stereocenters. The van der Waals surface area contributed by atoms with Crippen LogP contribution in [0.15, 0.2) is 6.20 Å². The molecule has 1 saturated carbocycles. The molecule has 5 nitrogen and oxygen atoms in total. The molecular formula is C11H14N2O3S. The summed E-state index contributed by atoms with van der Waals surface area (Å²) in [7, 11) is 0. The van der Waals surface area contributed by atoms with Gasteiger partial charge in [0.15, 0.2) is 5.13 Å². The number of hydrogen-bond donors (Lipinski definition) is 2. The molecule has 0 aromatic carbocycles. The minimum Gasteiger partial charge on any atom is -0.481 e. The van der Waals surface area contributed by atoms with E-state index in [2.05, 4.69) is 10.3 Å². The fourth-order valence-electron chi connectivity index (χ4n) is 2.06. The third-order valence-electron chi connectivity index (χ3n) is 3.00. The zero-order chi connectivity index (χ0) is 12.4. The lowest BCUT2D eigenvalue weighted by Crippen LogP contribution is -2.21. The van der Waals surface area contributed by atoms with Crippen LogP contribution in [0.2, 0.25) is 0 Å². The highest BCUT2D eigenvalue weighted by Crippen LogP contribution is 2.32. The average molecular weight is 254 g/mol. The Bertz CT molecular complexity index is 444. The summed E-state index contributed by atoms with van der Waals surface area (Å²) in [6, 6.07) is 0. The average Bonchev–Trinajstić information content (AvgIpc) is 2.86. The molecule has 1 aliphatic carbocycles. The zero-order valence-electron chi connectivity index (χ0n) is 9.47. The van der Waals surface area contributed by atoms with Gasteiger partial charge >= 0.3 is 5.97 Å². The SMILES string of the molecule is Cc1cnc(NC(=O)[C@H]2CC[C@H](C(=O)O)C2)s1. The van der Waals surface area contributed by atoms with Crippen molar-refractivity contribution in [3.05, 3.63) is 11.1 Å². The van der Waals surface area contributed by atoms with Crippen molar-refractivity contribution in [2.75, 3.05) is 5.32 Å². The number of carboxylic acids is 1. The molecule has 1 fully saturated rings. The van der Waals surface area contributed by atoms with Gasteiger partial charge in [-0.25, -0.2) is 4.98 Å². The van der Waals surface area contributed by atoms with E-state index in [0.717, 1.165) is 4.88 Å². The van der Waals surface area contributed by atoms with Crippen LogP contribution < -0.4 is 5.32 Å². The lowest BCUT2D eigenvalue weighted by atomic mass is 10.0. The topological polar surface area (TPSA) is 79.3 Å². The molecule has 1 heterocycles. The molecule has 0 bridgehead atoms. The lowest BCUT2D eigenvalue weighted by Gasteiger charge is -2.08. The molecule has 2 atom stereocenters. The summed E-state index contributed by atoms with van der Waals surface area (Å²) in [5.74, 6) is -1.47. The van der Waals surface area contributed by atoms with E-state index < -0.39 is 5.97 Å². The number of amides is 1. The largest absolute Gasteiger partial charge is 0.481 e. The normalized spacial score (nSPS) is 23.6. The molecule has 0 aliphatic heterocycles. The number of hydrogen-bond acceptors (Lipinski definition) is 4. The Kier molecular flexibility index (Phi) is 3.42. The van der Waals surface area contributed by atoms with Crippen molar-refractivity contribution in [3.8, 4) is 0 Å². The minimum atomic E-state index is -0.801. The fraction of sp³-hybridized carbons (Fsp3) is 0.545. The van der Waals surface area contributed by atoms with Gasteiger partial charge in [-0.15, -0.1) is 11.3 Å². The minimum absolute atomic E-state index is 0.108. The number of aliphatic carboxylic acids is 1. The molecule has 0 radical (unpaired) electrons. The highest BCUT2D eigenvalue weighted by molar-refractivity contribution is 7.15. The molecule has 2 rings (SSSR count). The van der Waals surface area contributed by atoms with Gasteiger partial charge < -0.3 is 10.4 Å². The van der Waals surface area contributed by atoms with Gasteiger partial charge in [0.05, 0.1) is 5.92 Å². The Balaban J connectivity index is 1.91. The van der Waals surface area contributed by atoms with Crippen molar-refractivity contribution in [2.24, 2.45) is 11.8 Å². The van der Waals surface area contributed by atoms with Crippen molar-refractivity contribution in [2.45, 2.75) is 26.2 Å². The smallest absolute Gasteiger partial charge is 0.306 e. The molecule has 2 N–H and O–H groups in total. The summed E-state index contributed by atoms with van der Waals surface area (Å²) in [5, 5.41) is 12.2. The highest BCUT2D eigenvalue weighted by Gasteiger charge is 2.33. The first kappa shape index (κ1) is 12.0. The van der Waals surface area contributed by atoms with E-state index in [1.807, 2.05) is 6.92 Å². The van der Waals surface area contributed by atoms with Gasteiger partial charge in [0.25, 0.3) is 0 Å². The van der Waals surface area contributed by atoms with Crippen molar-refractivity contribution >= 4 is 28.3 Å². The molecule has 92 valence electrons. The summed E-state index contributed by atoms with van der Waals surface area (Å²) in [5.41, 5.74) is 0. The first-order valence-electron chi connectivity index (χ1n) is 5.52. The number of carbonyl (C=O) groups excluding carboxylic acids is 1. The standard InChI is InChI=1S/C11H14N2O3S/c1-6-5-12-11(17-6)13-9(14)7-2-3-8(4-7)10(15)16/h5,7-8H,2-4H2,1H3,(H,15,16)(H,12,13,14)/t7-,8-/m0/s1. The second-order valence-electron chi connectivity index (χ2n) is 4.31. The van der Waals surface area contributed by atoms with Gasteiger partial charge in [0, 0.05) is 17.0 Å². The van der Waals surface area contributed by atoms with Gasteiger partial charge in [0.2, 0.25) is 5.91 Å². The Morgan fingerprint density at radius 1 is 1.47 bits per heavy atom. The van der Waals surface area contributed by atoms with E-state index in [9.17, 15) is 9.59 Å². The summed E-state index contributed by atoms with van der Waals surface area (Å²) in [6.07, 6.45) is 3.37. The van der Waals surface area contributed by atoms with Crippen LogP contribution in [0, 0.1) is 18.8 Å². The van der Waals surface area contributed by atoms with Crippen molar-refractivity contribution in [1.29, 1.82) is 0 Å². The molecule has 1 aromatic heterocycles. The molecule has 17 heavy (non-hydrogen) atoms. The van der Waals surface area contributed by atoms with E-state index in [-0.39, 0.29) is 17.7 Å². The first-order chi connectivity index (χ1) is 8.06. The zero-order valence-corrected chi connectivity index (χ0v) is 10.3. The third kappa shape index (κ3) is 2.82. The van der Waals surface area contributed by atoms with Crippen LogP contribution in [0.25, 0.3) is 0 Å². The fourth-order valence-corrected chi connectivity index (χ4v) is 2.73. The van der Waals surface area contributed by atoms with Gasteiger partial charge in [-0.2, -0.15) is 0 Å². The van der Waals surface area contributed by atoms with Crippen molar-refractivity contribution in [1.82, 2.24) is 4.98 Å². The molecule has 1 amide bonds. The van der Waals surface area contributed by atoms with Crippen LogP contribution in [0.5, 0.6) is 0 Å². The molecular weight excluding hydrogens is 240 g/mol. The number of aryl methyl sites for hydroxylation is 1. The number of thiazole rings is 1. The van der Waals surface area contributed by atoms with Gasteiger partial charge in [-0.05, 0) is 26.2 Å². The van der Waals surface area contributed by atoms with Crippen molar-refractivity contribution in [3.63, 3.8) is 0 Å². The van der Waals surface area contributed by atoms with Crippen LogP contribution in [-0.4, -0.2) is 22.0 Å². The van der Waals surface area contributed by atoms with E-state index in [1.165, 1.54) is 11.3 Å². The molecule has 6 heteroatoms. The van der Waals surface area contributed by atoms with Crippen LogP contribution in [0.1, 0.15) is 24.1 Å².